The maximum atomic E-state index is 13.5. The molecule has 3 aromatic carbocycles. The van der Waals surface area contributed by atoms with E-state index in [0.717, 1.165) is 16.7 Å². The molecule has 0 fully saturated rings. The highest BCUT2D eigenvalue weighted by atomic mass is 16.5. The Balaban J connectivity index is 1.65. The molecule has 0 saturated carbocycles. The van der Waals surface area contributed by atoms with Crippen molar-refractivity contribution in [3.63, 3.8) is 0 Å². The van der Waals surface area contributed by atoms with Crippen molar-refractivity contribution in [2.75, 3.05) is 13.2 Å². The minimum atomic E-state index is -0.693. The summed E-state index contributed by atoms with van der Waals surface area (Å²) in [4.78, 5) is 39.5. The van der Waals surface area contributed by atoms with Crippen molar-refractivity contribution in [3.8, 4) is 0 Å². The second-order valence-electron chi connectivity index (χ2n) is 10.6. The van der Waals surface area contributed by atoms with Crippen LogP contribution in [0.15, 0.2) is 116 Å². The van der Waals surface area contributed by atoms with Gasteiger partial charge < -0.3 is 20.5 Å². The van der Waals surface area contributed by atoms with Gasteiger partial charge in [-0.1, -0.05) is 103 Å². The molecule has 0 bridgehead atoms. The summed E-state index contributed by atoms with van der Waals surface area (Å²) in [6, 6.07) is 27.5. The summed E-state index contributed by atoms with van der Waals surface area (Å²) in [6.45, 7) is 7.27. The number of allylic oxidation sites excluding steroid dienone is 2. The number of amides is 2. The van der Waals surface area contributed by atoms with Gasteiger partial charge in [0.2, 0.25) is 11.8 Å². The maximum absolute atomic E-state index is 13.5. The fourth-order valence-corrected chi connectivity index (χ4v) is 4.90. The number of rotatable bonds is 18. The third kappa shape index (κ3) is 11.4. The molecule has 226 valence electrons. The number of carbonyl (C=O) groups is 3. The molecule has 7 nitrogen and oxygen atoms in total. The molecular formula is C36H42N2O5. The molecule has 0 aliphatic carbocycles. The van der Waals surface area contributed by atoms with Crippen LogP contribution in [0.5, 0.6) is 0 Å². The number of benzene rings is 3. The molecule has 43 heavy (non-hydrogen) atoms. The van der Waals surface area contributed by atoms with E-state index in [1.165, 1.54) is 0 Å². The Kier molecular flexibility index (Phi) is 13.9. The lowest BCUT2D eigenvalue weighted by molar-refractivity contribution is -0.150. The summed E-state index contributed by atoms with van der Waals surface area (Å²) in [7, 11) is 0. The smallest absolute Gasteiger partial charge is 0.309 e. The van der Waals surface area contributed by atoms with E-state index in [4.69, 9.17) is 4.74 Å². The van der Waals surface area contributed by atoms with Gasteiger partial charge in [-0.15, -0.1) is 13.2 Å². The van der Waals surface area contributed by atoms with Crippen LogP contribution >= 0.6 is 0 Å². The fourth-order valence-electron chi connectivity index (χ4n) is 4.90. The Morgan fingerprint density at radius 3 is 1.84 bits per heavy atom. The molecule has 2 amide bonds. The van der Waals surface area contributed by atoms with Gasteiger partial charge >= 0.3 is 5.97 Å². The molecule has 3 N–H and O–H groups in total. The lowest BCUT2D eigenvalue weighted by Gasteiger charge is -2.24. The van der Waals surface area contributed by atoms with Gasteiger partial charge in [0.1, 0.15) is 6.61 Å². The van der Waals surface area contributed by atoms with E-state index in [1.54, 1.807) is 12.2 Å². The van der Waals surface area contributed by atoms with Gasteiger partial charge in [0.05, 0.1) is 30.5 Å². The third-order valence-electron chi connectivity index (χ3n) is 7.18. The SMILES string of the molecule is C=CC[C@H](CC(=O)N[C@@H](CO)Cc1ccccc1)C(=O)N[C@H](COC(=O)[C@H](CC=C)Cc1ccccc1)c1ccccc1. The molecule has 0 unspecified atom stereocenters. The number of hydrogen-bond acceptors (Lipinski definition) is 5. The predicted octanol–water partition coefficient (Wildman–Crippen LogP) is 5.12. The number of nitrogens with one attached hydrogen (secondary N) is 2. The van der Waals surface area contributed by atoms with E-state index in [0.29, 0.717) is 19.3 Å². The lowest BCUT2D eigenvalue weighted by atomic mass is 9.96. The van der Waals surface area contributed by atoms with Crippen molar-refractivity contribution in [2.45, 2.75) is 44.2 Å². The molecule has 0 spiro atoms. The van der Waals surface area contributed by atoms with Crippen LogP contribution in [0.25, 0.3) is 0 Å². The Bertz CT molecular complexity index is 1300. The first kappa shape index (κ1) is 33.0. The van der Waals surface area contributed by atoms with Gasteiger partial charge in [-0.2, -0.15) is 0 Å². The van der Waals surface area contributed by atoms with Crippen LogP contribution in [0.4, 0.5) is 0 Å². The van der Waals surface area contributed by atoms with Gasteiger partial charge in [-0.25, -0.2) is 0 Å². The van der Waals surface area contributed by atoms with Gasteiger partial charge in [0.15, 0.2) is 0 Å². The Labute approximate surface area is 254 Å². The molecule has 0 saturated heterocycles. The van der Waals surface area contributed by atoms with E-state index < -0.39 is 23.9 Å². The second-order valence-corrected chi connectivity index (χ2v) is 10.6. The fraction of sp³-hybridized carbons (Fsp3) is 0.306. The van der Waals surface area contributed by atoms with Crippen LogP contribution in [-0.4, -0.2) is 42.1 Å². The number of esters is 1. The van der Waals surface area contributed by atoms with Crippen LogP contribution in [0.2, 0.25) is 0 Å². The van der Waals surface area contributed by atoms with Crippen molar-refractivity contribution in [1.29, 1.82) is 0 Å². The summed E-state index contributed by atoms with van der Waals surface area (Å²) in [5.74, 6) is -2.15. The highest BCUT2D eigenvalue weighted by molar-refractivity contribution is 5.86. The standard InChI is InChI=1S/C36H42N2O5/c1-3-14-30(24-34(40)37-32(25-39)23-28-18-10-6-11-19-28)35(41)38-33(29-20-12-7-13-21-29)26-43-36(42)31(15-4-2)22-27-16-8-5-9-17-27/h3-13,16-21,30-33,39H,1-2,14-15,22-26H2,(H,37,40)(H,38,41)/t30-,31-,32-,33-/m1/s1. The minimum absolute atomic E-state index is 0.0618. The average Bonchev–Trinajstić information content (AvgIpc) is 3.03. The summed E-state index contributed by atoms with van der Waals surface area (Å²) >= 11 is 0. The molecule has 7 heteroatoms. The van der Waals surface area contributed by atoms with Gasteiger partial charge in [-0.3, -0.25) is 14.4 Å². The van der Waals surface area contributed by atoms with Crippen LogP contribution in [0.1, 0.15) is 42.0 Å². The summed E-state index contributed by atoms with van der Waals surface area (Å²) < 4.78 is 5.76. The number of ether oxygens (including phenoxy) is 1. The quantitative estimate of drug-likeness (QED) is 0.143. The zero-order chi connectivity index (χ0) is 30.9. The number of aliphatic hydroxyl groups is 1. The van der Waals surface area contributed by atoms with Gasteiger partial charge in [0, 0.05) is 6.42 Å². The van der Waals surface area contributed by atoms with E-state index in [2.05, 4.69) is 23.8 Å². The molecule has 0 aromatic heterocycles. The summed E-state index contributed by atoms with van der Waals surface area (Å²) in [5, 5.41) is 15.7. The number of hydrogen-bond donors (Lipinski definition) is 3. The highest BCUT2D eigenvalue weighted by Crippen LogP contribution is 2.20. The minimum Gasteiger partial charge on any atom is -0.463 e. The third-order valence-corrected chi connectivity index (χ3v) is 7.18. The lowest BCUT2D eigenvalue weighted by Crippen LogP contribution is -2.42. The van der Waals surface area contributed by atoms with Crippen molar-refractivity contribution >= 4 is 17.8 Å². The first-order valence-corrected chi connectivity index (χ1v) is 14.6. The Morgan fingerprint density at radius 1 is 0.744 bits per heavy atom. The highest BCUT2D eigenvalue weighted by Gasteiger charge is 2.27. The molecule has 0 radical (unpaired) electrons. The molecule has 4 atom stereocenters. The molecule has 0 heterocycles. The van der Waals surface area contributed by atoms with Crippen molar-refractivity contribution in [3.05, 3.63) is 133 Å². The molecule has 3 rings (SSSR count). The molecule has 0 aliphatic heterocycles. The predicted molar refractivity (Wildman–Crippen MR) is 169 cm³/mol. The summed E-state index contributed by atoms with van der Waals surface area (Å²) in [5.41, 5.74) is 2.79. The van der Waals surface area contributed by atoms with E-state index in [1.807, 2.05) is 91.0 Å². The molecule has 0 aliphatic rings. The van der Waals surface area contributed by atoms with E-state index in [-0.39, 0.29) is 43.8 Å². The van der Waals surface area contributed by atoms with Crippen LogP contribution in [-0.2, 0) is 32.0 Å². The Morgan fingerprint density at radius 2 is 1.28 bits per heavy atom. The number of carbonyl (C=O) groups excluding carboxylic acids is 3. The van der Waals surface area contributed by atoms with E-state index >= 15 is 0 Å². The normalized spacial score (nSPS) is 13.5. The topological polar surface area (TPSA) is 105 Å². The van der Waals surface area contributed by atoms with E-state index in [9.17, 15) is 19.5 Å². The van der Waals surface area contributed by atoms with Crippen LogP contribution in [0, 0.1) is 11.8 Å². The Hall–Kier alpha value is -4.49. The summed E-state index contributed by atoms with van der Waals surface area (Å²) in [6.07, 6.45) is 4.96. The monoisotopic (exact) mass is 582 g/mol. The van der Waals surface area contributed by atoms with Crippen molar-refractivity contribution in [1.82, 2.24) is 10.6 Å². The van der Waals surface area contributed by atoms with Crippen molar-refractivity contribution < 1.29 is 24.2 Å². The zero-order valence-electron chi connectivity index (χ0n) is 24.6. The van der Waals surface area contributed by atoms with Gasteiger partial charge in [0.25, 0.3) is 0 Å². The number of aliphatic hydroxyl groups excluding tert-OH is 1. The molecular weight excluding hydrogens is 540 g/mol. The second kappa shape index (κ2) is 18.1. The largest absolute Gasteiger partial charge is 0.463 e. The first-order chi connectivity index (χ1) is 20.9. The van der Waals surface area contributed by atoms with Crippen molar-refractivity contribution in [2.24, 2.45) is 11.8 Å². The average molecular weight is 583 g/mol. The maximum Gasteiger partial charge on any atom is 0.309 e. The molecule has 3 aromatic rings. The van der Waals surface area contributed by atoms with Crippen LogP contribution < -0.4 is 10.6 Å². The van der Waals surface area contributed by atoms with Gasteiger partial charge in [-0.05, 0) is 42.4 Å². The van der Waals surface area contributed by atoms with Crippen LogP contribution in [0.3, 0.4) is 0 Å². The zero-order valence-corrected chi connectivity index (χ0v) is 24.6. The first-order valence-electron chi connectivity index (χ1n) is 14.6.